The first-order valence-electron chi connectivity index (χ1n) is 5.55. The van der Waals surface area contributed by atoms with Crippen molar-refractivity contribution in [1.82, 2.24) is 4.98 Å². The Morgan fingerprint density at radius 2 is 2.06 bits per heavy atom. The summed E-state index contributed by atoms with van der Waals surface area (Å²) in [4.78, 5) is 4.40. The topological polar surface area (TPSA) is 48.1 Å². The van der Waals surface area contributed by atoms with Gasteiger partial charge in [-0.05, 0) is 41.3 Å². The summed E-state index contributed by atoms with van der Waals surface area (Å²) in [5.41, 5.74) is 9.29. The van der Waals surface area contributed by atoms with Gasteiger partial charge in [-0.15, -0.1) is 0 Å². The predicted molar refractivity (Wildman–Crippen MR) is 63.0 cm³/mol. The largest absolute Gasteiger partial charge is 0.372 e. The van der Waals surface area contributed by atoms with Crippen molar-refractivity contribution < 1.29 is 4.74 Å². The van der Waals surface area contributed by atoms with Gasteiger partial charge in [-0.25, -0.2) is 0 Å². The van der Waals surface area contributed by atoms with E-state index in [9.17, 15) is 0 Å². The molecule has 0 spiro atoms. The Labute approximate surface area is 94.2 Å². The Morgan fingerprint density at radius 1 is 1.25 bits per heavy atom. The average molecular weight is 214 g/mol. The number of benzene rings is 1. The summed E-state index contributed by atoms with van der Waals surface area (Å²) in [5, 5.41) is 2.46. The maximum Gasteiger partial charge on any atom is 0.0725 e. The fourth-order valence-corrected chi connectivity index (χ4v) is 2.25. The third-order valence-corrected chi connectivity index (χ3v) is 3.06. The molecule has 0 bridgehead atoms. The first kappa shape index (κ1) is 9.75. The second kappa shape index (κ2) is 3.85. The first-order chi connectivity index (χ1) is 7.88. The van der Waals surface area contributed by atoms with E-state index >= 15 is 0 Å². The monoisotopic (exact) mass is 214 g/mol. The van der Waals surface area contributed by atoms with Crippen LogP contribution in [-0.4, -0.2) is 11.5 Å². The lowest BCUT2D eigenvalue weighted by molar-refractivity contribution is 0.134. The lowest BCUT2D eigenvalue weighted by atomic mass is 10.0. The smallest absolute Gasteiger partial charge is 0.0725 e. The van der Waals surface area contributed by atoms with Crippen molar-refractivity contribution >= 4 is 10.8 Å². The fourth-order valence-electron chi connectivity index (χ4n) is 2.25. The number of aromatic nitrogens is 1. The molecule has 82 valence electrons. The number of ether oxygens (including phenoxy) is 1. The van der Waals surface area contributed by atoms with Crippen molar-refractivity contribution in [2.75, 3.05) is 6.54 Å². The van der Waals surface area contributed by atoms with Crippen LogP contribution in [0.5, 0.6) is 0 Å². The Balaban J connectivity index is 2.23. The highest BCUT2D eigenvalue weighted by atomic mass is 16.5. The SMILES string of the molecule is NCCc1nccc2cc3c(cc12)COC3. The summed E-state index contributed by atoms with van der Waals surface area (Å²) in [6, 6.07) is 6.46. The molecule has 1 aromatic heterocycles. The molecule has 1 aliphatic rings. The molecule has 0 radical (unpaired) electrons. The van der Waals surface area contributed by atoms with E-state index in [1.54, 1.807) is 0 Å². The van der Waals surface area contributed by atoms with Gasteiger partial charge in [-0.3, -0.25) is 4.98 Å². The van der Waals surface area contributed by atoms with Gasteiger partial charge in [0.2, 0.25) is 0 Å². The quantitative estimate of drug-likeness (QED) is 0.828. The van der Waals surface area contributed by atoms with Crippen molar-refractivity contribution in [2.24, 2.45) is 5.73 Å². The van der Waals surface area contributed by atoms with Crippen molar-refractivity contribution in [3.8, 4) is 0 Å². The van der Waals surface area contributed by atoms with Crippen LogP contribution in [0.25, 0.3) is 10.8 Å². The molecule has 2 N–H and O–H groups in total. The van der Waals surface area contributed by atoms with E-state index in [0.717, 1.165) is 25.3 Å². The molecule has 0 fully saturated rings. The van der Waals surface area contributed by atoms with Crippen LogP contribution in [0.15, 0.2) is 24.4 Å². The zero-order chi connectivity index (χ0) is 11.0. The Morgan fingerprint density at radius 3 is 2.88 bits per heavy atom. The minimum atomic E-state index is 0.639. The zero-order valence-electron chi connectivity index (χ0n) is 9.07. The Bertz CT molecular complexity index is 537. The Kier molecular flexibility index (Phi) is 2.35. The lowest BCUT2D eigenvalue weighted by Crippen LogP contribution is -2.05. The van der Waals surface area contributed by atoms with Gasteiger partial charge in [0, 0.05) is 23.7 Å². The van der Waals surface area contributed by atoms with Gasteiger partial charge in [0.25, 0.3) is 0 Å². The minimum absolute atomic E-state index is 0.639. The molecule has 1 aromatic carbocycles. The van der Waals surface area contributed by atoms with Gasteiger partial charge in [0.15, 0.2) is 0 Å². The molecule has 2 heterocycles. The summed E-state index contributed by atoms with van der Waals surface area (Å²) in [5.74, 6) is 0. The van der Waals surface area contributed by atoms with Crippen LogP contribution in [0.3, 0.4) is 0 Å². The van der Waals surface area contributed by atoms with Gasteiger partial charge in [0.05, 0.1) is 13.2 Å². The molecule has 0 unspecified atom stereocenters. The van der Waals surface area contributed by atoms with E-state index in [2.05, 4.69) is 17.1 Å². The summed E-state index contributed by atoms with van der Waals surface area (Å²) >= 11 is 0. The van der Waals surface area contributed by atoms with Crippen LogP contribution < -0.4 is 5.73 Å². The van der Waals surface area contributed by atoms with Gasteiger partial charge in [0.1, 0.15) is 0 Å². The summed E-state index contributed by atoms with van der Waals surface area (Å²) in [6.07, 6.45) is 2.69. The number of hydrogen-bond acceptors (Lipinski definition) is 3. The number of hydrogen-bond donors (Lipinski definition) is 1. The molecule has 0 saturated heterocycles. The van der Waals surface area contributed by atoms with Gasteiger partial charge >= 0.3 is 0 Å². The minimum Gasteiger partial charge on any atom is -0.372 e. The maximum absolute atomic E-state index is 5.60. The lowest BCUT2D eigenvalue weighted by Gasteiger charge is -2.06. The molecule has 0 atom stereocenters. The van der Waals surface area contributed by atoms with E-state index in [0.29, 0.717) is 6.54 Å². The van der Waals surface area contributed by atoms with E-state index in [1.807, 2.05) is 12.3 Å². The van der Waals surface area contributed by atoms with Gasteiger partial charge < -0.3 is 10.5 Å². The van der Waals surface area contributed by atoms with Crippen molar-refractivity contribution in [1.29, 1.82) is 0 Å². The van der Waals surface area contributed by atoms with Gasteiger partial charge in [-0.1, -0.05) is 0 Å². The highest BCUT2D eigenvalue weighted by Crippen LogP contribution is 2.27. The van der Waals surface area contributed by atoms with Gasteiger partial charge in [-0.2, -0.15) is 0 Å². The van der Waals surface area contributed by atoms with Crippen molar-refractivity contribution in [3.05, 3.63) is 41.2 Å². The standard InChI is InChI=1S/C13H14N2O/c14-3-1-13-12-6-11-8-16-7-10(11)5-9(12)2-4-15-13/h2,4-6H,1,3,7-8,14H2. The molecule has 3 rings (SSSR count). The molecular weight excluding hydrogens is 200 g/mol. The van der Waals surface area contributed by atoms with Crippen LogP contribution in [0.4, 0.5) is 0 Å². The highest BCUT2D eigenvalue weighted by Gasteiger charge is 2.13. The summed E-state index contributed by atoms with van der Waals surface area (Å²) < 4.78 is 5.44. The maximum atomic E-state index is 5.60. The van der Waals surface area contributed by atoms with E-state index in [1.165, 1.54) is 21.9 Å². The second-order valence-corrected chi connectivity index (χ2v) is 4.13. The molecule has 1 aliphatic heterocycles. The number of fused-ring (bicyclic) bond motifs is 2. The van der Waals surface area contributed by atoms with Crippen molar-refractivity contribution in [3.63, 3.8) is 0 Å². The second-order valence-electron chi connectivity index (χ2n) is 4.13. The number of rotatable bonds is 2. The highest BCUT2D eigenvalue weighted by molar-refractivity contribution is 5.86. The fraction of sp³-hybridized carbons (Fsp3) is 0.308. The third-order valence-electron chi connectivity index (χ3n) is 3.06. The number of nitrogens with zero attached hydrogens (tertiary/aromatic N) is 1. The van der Waals surface area contributed by atoms with E-state index < -0.39 is 0 Å². The van der Waals surface area contributed by atoms with E-state index in [-0.39, 0.29) is 0 Å². The van der Waals surface area contributed by atoms with E-state index in [4.69, 9.17) is 10.5 Å². The normalized spacial score (nSPS) is 14.3. The first-order valence-corrected chi connectivity index (χ1v) is 5.55. The molecule has 0 saturated carbocycles. The van der Waals surface area contributed by atoms with Crippen LogP contribution in [-0.2, 0) is 24.4 Å². The van der Waals surface area contributed by atoms with Crippen LogP contribution in [0, 0.1) is 0 Å². The van der Waals surface area contributed by atoms with Crippen LogP contribution in [0.1, 0.15) is 16.8 Å². The molecule has 3 nitrogen and oxygen atoms in total. The number of pyridine rings is 1. The third kappa shape index (κ3) is 1.49. The summed E-state index contributed by atoms with van der Waals surface area (Å²) in [6.45, 7) is 2.10. The average Bonchev–Trinajstić information content (AvgIpc) is 2.74. The molecule has 0 amide bonds. The van der Waals surface area contributed by atoms with Crippen molar-refractivity contribution in [2.45, 2.75) is 19.6 Å². The molecule has 3 heteroatoms. The number of nitrogens with two attached hydrogens (primary N) is 1. The Hall–Kier alpha value is -1.45. The summed E-state index contributed by atoms with van der Waals surface area (Å²) in [7, 11) is 0. The van der Waals surface area contributed by atoms with Crippen LogP contribution >= 0.6 is 0 Å². The zero-order valence-corrected chi connectivity index (χ0v) is 9.07. The molecular formula is C13H14N2O. The molecule has 16 heavy (non-hydrogen) atoms. The predicted octanol–water partition coefficient (Wildman–Crippen LogP) is 1.77. The van der Waals surface area contributed by atoms with Crippen LogP contribution in [0.2, 0.25) is 0 Å². The molecule has 0 aliphatic carbocycles. The molecule has 2 aromatic rings.